The van der Waals surface area contributed by atoms with E-state index in [4.69, 9.17) is 15.2 Å². The monoisotopic (exact) mass is 781 g/mol. The number of nitrogens with one attached hydrogen (secondary N) is 1. The number of nitro benzene ring substituents is 2. The standard InChI is InChI=1S/C34H35N7O11S2/c1-17-28-27(18(2)42)31(43)39(28)29(32(44)51-14-19-3-7-21(8-4-19)40(47)48)30(17)54-23-11-25(24-16-53-26(37-24)12-36-33(35)45)38(13-23)34(46)52-15-20-5-9-22(10-6-20)41(49)50/h3-10,16-18,23,25,27-28,42H,11-15H2,1-2H3,(H3,35,36,45)/t17-,18-,23+,25+,27-,28-/m1/s1. The molecule has 18 nitrogen and oxygen atoms in total. The number of benzene rings is 2. The molecule has 0 aliphatic carbocycles. The van der Waals surface area contributed by atoms with Crippen molar-refractivity contribution in [3.05, 3.63) is 107 Å². The van der Waals surface area contributed by atoms with Gasteiger partial charge in [-0.05, 0) is 48.7 Å². The van der Waals surface area contributed by atoms with Gasteiger partial charge in [-0.25, -0.2) is 19.4 Å². The highest BCUT2D eigenvalue weighted by molar-refractivity contribution is 8.03. The second-order valence-electron chi connectivity index (χ2n) is 13.0. The van der Waals surface area contributed by atoms with Crippen molar-refractivity contribution in [2.45, 2.75) is 63.5 Å². The molecule has 4 amide bonds. The van der Waals surface area contributed by atoms with Gasteiger partial charge < -0.3 is 30.5 Å². The lowest BCUT2D eigenvalue weighted by molar-refractivity contribution is -0.385. The van der Waals surface area contributed by atoms with Crippen LogP contribution in [-0.2, 0) is 38.8 Å². The lowest BCUT2D eigenvalue weighted by Crippen LogP contribution is -2.63. The van der Waals surface area contributed by atoms with Gasteiger partial charge in [0.15, 0.2) is 0 Å². The SMILES string of the molecule is C[C@@H](O)[C@H]1C(=O)N2C(C(=O)OCc3ccc([N+](=O)[O-])cc3)=C(S[C@H]3C[C@@H](c4csc(CNC(N)=O)n4)N(C(=O)OCc4ccc([N+](=O)[O-])cc4)C3)[C@H](C)[C@H]12. The number of aromatic nitrogens is 1. The molecule has 3 aliphatic rings. The fourth-order valence-corrected chi connectivity index (χ4v) is 9.11. The Morgan fingerprint density at radius 1 is 1.06 bits per heavy atom. The van der Waals surface area contributed by atoms with Crippen molar-refractivity contribution >= 4 is 58.5 Å². The number of esters is 1. The van der Waals surface area contributed by atoms with Crippen molar-refractivity contribution in [1.82, 2.24) is 20.1 Å². The molecule has 284 valence electrons. The average molecular weight is 782 g/mol. The van der Waals surface area contributed by atoms with Gasteiger partial charge in [0.1, 0.15) is 23.9 Å². The predicted octanol–water partition coefficient (Wildman–Crippen LogP) is 4.13. The van der Waals surface area contributed by atoms with E-state index >= 15 is 0 Å². The fraction of sp³-hybridized carbons (Fsp3) is 0.382. The number of aliphatic hydroxyl groups is 1. The van der Waals surface area contributed by atoms with Gasteiger partial charge in [0.2, 0.25) is 5.91 Å². The van der Waals surface area contributed by atoms with Crippen molar-refractivity contribution in [3.63, 3.8) is 0 Å². The van der Waals surface area contributed by atoms with E-state index in [9.17, 15) is 44.5 Å². The largest absolute Gasteiger partial charge is 0.456 e. The molecule has 2 saturated heterocycles. The number of nitrogens with zero attached hydrogens (tertiary/aromatic N) is 5. The number of ether oxygens (including phenoxy) is 2. The fourth-order valence-electron chi connectivity index (χ4n) is 6.81. The molecule has 54 heavy (non-hydrogen) atoms. The molecule has 1 aromatic heterocycles. The molecular formula is C34H35N7O11S2. The molecule has 6 rings (SSSR count). The maximum atomic E-state index is 13.8. The highest BCUT2D eigenvalue weighted by Gasteiger charge is 2.60. The third-order valence-electron chi connectivity index (χ3n) is 9.44. The maximum Gasteiger partial charge on any atom is 0.410 e. The highest BCUT2D eigenvalue weighted by atomic mass is 32.2. The minimum absolute atomic E-state index is 0.0468. The summed E-state index contributed by atoms with van der Waals surface area (Å²) in [6, 6.07) is 9.33. The minimum atomic E-state index is -0.970. The van der Waals surface area contributed by atoms with E-state index < -0.39 is 58.0 Å². The maximum absolute atomic E-state index is 13.8. The number of likely N-dealkylation sites (tertiary alicyclic amines) is 1. The lowest BCUT2D eigenvalue weighted by atomic mass is 9.79. The molecule has 6 atom stereocenters. The van der Waals surface area contributed by atoms with Crippen LogP contribution in [0, 0.1) is 32.1 Å². The third kappa shape index (κ3) is 7.85. The smallest absolute Gasteiger partial charge is 0.410 e. The second-order valence-corrected chi connectivity index (χ2v) is 15.3. The summed E-state index contributed by atoms with van der Waals surface area (Å²) in [4.78, 5) is 81.1. The number of β-lactam (4-membered cyclic amide) rings is 1. The lowest BCUT2D eigenvalue weighted by Gasteiger charge is -2.46. The second kappa shape index (κ2) is 15.8. The number of nitrogens with two attached hydrogens (primary N) is 1. The van der Waals surface area contributed by atoms with Crippen molar-refractivity contribution in [1.29, 1.82) is 0 Å². The number of hydrogen-bond donors (Lipinski definition) is 3. The quantitative estimate of drug-likeness (QED) is 0.0956. The number of carbonyl (C=O) groups excluding carboxylic acids is 4. The molecule has 3 aromatic rings. The Morgan fingerprint density at radius 2 is 1.65 bits per heavy atom. The number of hydrogen-bond acceptors (Lipinski definition) is 14. The van der Waals surface area contributed by atoms with E-state index in [1.807, 2.05) is 6.92 Å². The minimum Gasteiger partial charge on any atom is -0.456 e. The van der Waals surface area contributed by atoms with Crippen LogP contribution in [0.3, 0.4) is 0 Å². The first kappa shape index (κ1) is 38.1. The summed E-state index contributed by atoms with van der Waals surface area (Å²) in [6.07, 6.45) is -1.28. The first-order chi connectivity index (χ1) is 25.7. The molecule has 0 unspecified atom stereocenters. The van der Waals surface area contributed by atoms with Crippen molar-refractivity contribution < 1.29 is 43.6 Å². The van der Waals surface area contributed by atoms with Gasteiger partial charge in [0.05, 0.1) is 46.2 Å². The number of non-ortho nitro benzene ring substituents is 2. The number of amides is 4. The van der Waals surface area contributed by atoms with Crippen LogP contribution in [0.2, 0.25) is 0 Å². The number of thioether (sulfide) groups is 1. The van der Waals surface area contributed by atoms with E-state index in [1.165, 1.54) is 88.4 Å². The van der Waals surface area contributed by atoms with Gasteiger partial charge in [-0.15, -0.1) is 23.1 Å². The Bertz CT molecular complexity index is 2000. The van der Waals surface area contributed by atoms with Crippen molar-refractivity contribution in [2.24, 2.45) is 17.6 Å². The van der Waals surface area contributed by atoms with Gasteiger partial charge >= 0.3 is 18.1 Å². The molecule has 0 spiro atoms. The van der Waals surface area contributed by atoms with E-state index in [1.54, 1.807) is 5.38 Å². The number of aliphatic hydroxyl groups excluding tert-OH is 1. The summed E-state index contributed by atoms with van der Waals surface area (Å²) in [5, 5.41) is 37.0. The normalized spacial score (nSPS) is 22.4. The van der Waals surface area contributed by atoms with Crippen LogP contribution in [0.5, 0.6) is 0 Å². The molecule has 20 heteroatoms. The molecule has 2 fully saturated rings. The number of urea groups is 1. The molecule has 2 aromatic carbocycles. The van der Waals surface area contributed by atoms with Crippen LogP contribution < -0.4 is 11.1 Å². The Hall–Kier alpha value is -5.60. The zero-order valence-corrected chi connectivity index (χ0v) is 30.5. The average Bonchev–Trinajstić information content (AvgIpc) is 3.84. The van der Waals surface area contributed by atoms with Crippen LogP contribution in [-0.4, -0.2) is 77.7 Å². The first-order valence-corrected chi connectivity index (χ1v) is 18.5. The van der Waals surface area contributed by atoms with Gasteiger partial charge in [-0.3, -0.25) is 29.9 Å². The topological polar surface area (TPSA) is 251 Å². The summed E-state index contributed by atoms with van der Waals surface area (Å²) in [7, 11) is 0. The van der Waals surface area contributed by atoms with Gasteiger partial charge in [-0.2, -0.15) is 0 Å². The Balaban J connectivity index is 1.24. The number of carbonyl (C=O) groups is 4. The van der Waals surface area contributed by atoms with Gasteiger partial charge in [-0.1, -0.05) is 6.92 Å². The van der Waals surface area contributed by atoms with Crippen molar-refractivity contribution in [3.8, 4) is 0 Å². The number of rotatable bonds is 13. The number of nitro groups is 2. The van der Waals surface area contributed by atoms with Crippen molar-refractivity contribution in [2.75, 3.05) is 6.54 Å². The summed E-state index contributed by atoms with van der Waals surface area (Å²) in [5.74, 6) is -2.30. The number of fused-ring (bicyclic) bond motifs is 1. The zero-order valence-electron chi connectivity index (χ0n) is 28.9. The van der Waals surface area contributed by atoms with Crippen LogP contribution in [0.4, 0.5) is 21.0 Å². The highest BCUT2D eigenvalue weighted by Crippen LogP contribution is 2.53. The van der Waals surface area contributed by atoms with Crippen LogP contribution in [0.1, 0.15) is 48.1 Å². The Kier molecular flexibility index (Phi) is 11.1. The summed E-state index contributed by atoms with van der Waals surface area (Å²) >= 11 is 2.59. The van der Waals surface area contributed by atoms with E-state index in [-0.39, 0.29) is 54.5 Å². The Labute approximate surface area is 315 Å². The van der Waals surface area contributed by atoms with Gasteiger partial charge in [0.25, 0.3) is 11.4 Å². The zero-order chi connectivity index (χ0) is 38.8. The van der Waals surface area contributed by atoms with Crippen LogP contribution in [0.25, 0.3) is 0 Å². The first-order valence-electron chi connectivity index (χ1n) is 16.7. The summed E-state index contributed by atoms with van der Waals surface area (Å²) in [6.45, 7) is 3.25. The van der Waals surface area contributed by atoms with Gasteiger partial charge in [0, 0.05) is 52.3 Å². The van der Waals surface area contributed by atoms with Crippen LogP contribution >= 0.6 is 23.1 Å². The predicted molar refractivity (Wildman–Crippen MR) is 192 cm³/mol. The van der Waals surface area contributed by atoms with E-state index in [2.05, 4.69) is 10.3 Å². The molecule has 4 heterocycles. The molecule has 0 bridgehead atoms. The van der Waals surface area contributed by atoms with E-state index in [0.717, 1.165) is 0 Å². The summed E-state index contributed by atoms with van der Waals surface area (Å²) in [5.41, 5.74) is 6.62. The molecular weight excluding hydrogens is 747 g/mol. The Morgan fingerprint density at radius 3 is 2.20 bits per heavy atom. The van der Waals surface area contributed by atoms with Crippen LogP contribution in [0.15, 0.2) is 64.5 Å². The third-order valence-corrected chi connectivity index (χ3v) is 11.8. The number of primary amides is 1. The summed E-state index contributed by atoms with van der Waals surface area (Å²) < 4.78 is 11.3. The molecule has 3 aliphatic heterocycles. The van der Waals surface area contributed by atoms with E-state index in [0.29, 0.717) is 33.2 Å². The molecule has 0 radical (unpaired) electrons. The molecule has 4 N–H and O–H groups in total. The molecule has 0 saturated carbocycles. The number of thiazole rings is 1.